The Bertz CT molecular complexity index is 678. The van der Waals surface area contributed by atoms with Gasteiger partial charge in [0.05, 0.1) is 9.73 Å². The van der Waals surface area contributed by atoms with Crippen LogP contribution in [0.2, 0.25) is 0 Å². The first-order chi connectivity index (χ1) is 9.36. The van der Waals surface area contributed by atoms with E-state index in [4.69, 9.17) is 4.98 Å². The van der Waals surface area contributed by atoms with Gasteiger partial charge in [0.15, 0.2) is 0 Å². The summed E-state index contributed by atoms with van der Waals surface area (Å²) in [4.78, 5) is 4.80. The molecule has 4 heteroatoms. The summed E-state index contributed by atoms with van der Waals surface area (Å²) in [6.45, 7) is 0.839. The Balaban J connectivity index is 2.06. The van der Waals surface area contributed by atoms with Gasteiger partial charge in [-0.3, -0.25) is 0 Å². The van der Waals surface area contributed by atoms with Crippen LogP contribution in [0.3, 0.4) is 0 Å². The Morgan fingerprint density at radius 3 is 2.89 bits per heavy atom. The molecule has 0 fully saturated rings. The van der Waals surface area contributed by atoms with E-state index in [0.717, 1.165) is 17.1 Å². The second-order valence-corrected chi connectivity index (χ2v) is 6.45. The van der Waals surface area contributed by atoms with Crippen LogP contribution in [-0.2, 0) is 6.54 Å². The van der Waals surface area contributed by atoms with Crippen molar-refractivity contribution in [3.05, 3.63) is 53.4 Å². The Kier molecular flexibility index (Phi) is 3.82. The van der Waals surface area contributed by atoms with Crippen LogP contribution in [0.5, 0.6) is 0 Å². The van der Waals surface area contributed by atoms with E-state index in [9.17, 15) is 0 Å². The summed E-state index contributed by atoms with van der Waals surface area (Å²) >= 11 is 3.50. The zero-order valence-electron chi connectivity index (χ0n) is 10.6. The number of pyridine rings is 1. The second-order valence-electron chi connectivity index (χ2n) is 4.21. The molecule has 2 nitrogen and oxygen atoms in total. The van der Waals surface area contributed by atoms with Crippen LogP contribution in [0.4, 0.5) is 0 Å². The summed E-state index contributed by atoms with van der Waals surface area (Å²) in [5.74, 6) is 0. The molecular formula is C15H14N2S2. The lowest BCUT2D eigenvalue weighted by Crippen LogP contribution is -2.07. The van der Waals surface area contributed by atoms with E-state index < -0.39 is 0 Å². The third-order valence-electron chi connectivity index (χ3n) is 2.82. The van der Waals surface area contributed by atoms with E-state index in [0.29, 0.717) is 0 Å². The number of thiophene rings is 1. The summed E-state index contributed by atoms with van der Waals surface area (Å²) in [6, 6.07) is 14.7. The van der Waals surface area contributed by atoms with Crippen molar-refractivity contribution in [3.8, 4) is 0 Å². The lowest BCUT2D eigenvalue weighted by atomic mass is 10.1. The summed E-state index contributed by atoms with van der Waals surface area (Å²) in [6.07, 6.45) is 0. The monoisotopic (exact) mass is 286 g/mol. The molecule has 0 saturated heterocycles. The molecule has 0 amide bonds. The first kappa shape index (κ1) is 12.7. The van der Waals surface area contributed by atoms with Crippen LogP contribution < -0.4 is 5.32 Å². The van der Waals surface area contributed by atoms with Gasteiger partial charge < -0.3 is 5.32 Å². The molecule has 3 rings (SSSR count). The van der Waals surface area contributed by atoms with E-state index in [-0.39, 0.29) is 0 Å². The molecule has 0 saturated carbocycles. The minimum Gasteiger partial charge on any atom is -0.316 e. The SMILES string of the molecule is CNCc1cc2ccccc2nc1Sc1cccs1. The summed E-state index contributed by atoms with van der Waals surface area (Å²) in [7, 11) is 1.97. The fourth-order valence-corrected chi connectivity index (χ4v) is 3.75. The topological polar surface area (TPSA) is 24.9 Å². The normalized spacial score (nSPS) is 11.0. The Labute approximate surface area is 120 Å². The molecule has 96 valence electrons. The van der Waals surface area contributed by atoms with Gasteiger partial charge in [0.1, 0.15) is 5.03 Å². The van der Waals surface area contributed by atoms with Crippen molar-refractivity contribution < 1.29 is 0 Å². The molecule has 0 unspecified atom stereocenters. The van der Waals surface area contributed by atoms with Crippen LogP contribution in [0.25, 0.3) is 10.9 Å². The van der Waals surface area contributed by atoms with Gasteiger partial charge in [-0.1, -0.05) is 36.0 Å². The molecule has 2 aromatic heterocycles. The van der Waals surface area contributed by atoms with Gasteiger partial charge in [-0.15, -0.1) is 11.3 Å². The number of hydrogen-bond acceptors (Lipinski definition) is 4. The third-order valence-corrected chi connectivity index (χ3v) is 4.91. The number of benzene rings is 1. The van der Waals surface area contributed by atoms with Crippen molar-refractivity contribution in [1.82, 2.24) is 10.3 Å². The maximum atomic E-state index is 4.80. The highest BCUT2D eigenvalue weighted by Crippen LogP contribution is 2.33. The summed E-state index contributed by atoms with van der Waals surface area (Å²) in [5, 5.41) is 7.61. The second kappa shape index (κ2) is 5.74. The number of fused-ring (bicyclic) bond motifs is 1. The smallest absolute Gasteiger partial charge is 0.107 e. The average molecular weight is 286 g/mol. The van der Waals surface area contributed by atoms with Crippen molar-refractivity contribution in [2.24, 2.45) is 0 Å². The molecule has 0 spiro atoms. The van der Waals surface area contributed by atoms with E-state index >= 15 is 0 Å². The highest BCUT2D eigenvalue weighted by atomic mass is 32.2. The summed E-state index contributed by atoms with van der Waals surface area (Å²) < 4.78 is 1.28. The molecule has 2 heterocycles. The van der Waals surface area contributed by atoms with Crippen molar-refractivity contribution in [2.75, 3.05) is 7.05 Å². The van der Waals surface area contributed by atoms with Crippen LogP contribution >= 0.6 is 23.1 Å². The number of hydrogen-bond donors (Lipinski definition) is 1. The molecule has 0 aliphatic heterocycles. The lowest BCUT2D eigenvalue weighted by Gasteiger charge is -2.09. The molecule has 0 bridgehead atoms. The molecule has 0 aliphatic carbocycles. The van der Waals surface area contributed by atoms with E-state index in [1.165, 1.54) is 15.2 Å². The number of aromatic nitrogens is 1. The third kappa shape index (κ3) is 2.81. The molecule has 0 aliphatic rings. The van der Waals surface area contributed by atoms with Gasteiger partial charge >= 0.3 is 0 Å². The molecular weight excluding hydrogens is 272 g/mol. The van der Waals surface area contributed by atoms with Crippen molar-refractivity contribution in [1.29, 1.82) is 0 Å². The number of rotatable bonds is 4. The number of para-hydroxylation sites is 1. The number of nitrogens with one attached hydrogen (secondary N) is 1. The molecule has 0 radical (unpaired) electrons. The first-order valence-electron chi connectivity index (χ1n) is 6.11. The Morgan fingerprint density at radius 1 is 1.21 bits per heavy atom. The minimum atomic E-state index is 0.839. The van der Waals surface area contributed by atoms with Gasteiger partial charge in [-0.25, -0.2) is 4.98 Å². The highest BCUT2D eigenvalue weighted by Gasteiger charge is 2.08. The van der Waals surface area contributed by atoms with Gasteiger partial charge in [0, 0.05) is 11.9 Å². The predicted molar refractivity (Wildman–Crippen MR) is 82.9 cm³/mol. The van der Waals surface area contributed by atoms with Crippen LogP contribution in [-0.4, -0.2) is 12.0 Å². The zero-order chi connectivity index (χ0) is 13.1. The standard InChI is InChI=1S/C15H14N2S2/c1-16-10-12-9-11-5-2-3-6-13(11)17-15(12)19-14-7-4-8-18-14/h2-9,16H,10H2,1H3. The lowest BCUT2D eigenvalue weighted by molar-refractivity contribution is 0.794. The average Bonchev–Trinajstić information content (AvgIpc) is 2.93. The fraction of sp³-hybridized carbons (Fsp3) is 0.133. The molecule has 19 heavy (non-hydrogen) atoms. The van der Waals surface area contributed by atoms with Crippen molar-refractivity contribution >= 4 is 34.0 Å². The molecule has 3 aromatic rings. The Hall–Kier alpha value is -1.36. The van der Waals surface area contributed by atoms with Crippen LogP contribution in [0, 0.1) is 0 Å². The Morgan fingerprint density at radius 2 is 2.11 bits per heavy atom. The molecule has 0 atom stereocenters. The van der Waals surface area contributed by atoms with Crippen LogP contribution in [0.1, 0.15) is 5.56 Å². The van der Waals surface area contributed by atoms with E-state index in [1.807, 2.05) is 13.1 Å². The van der Waals surface area contributed by atoms with Crippen LogP contribution in [0.15, 0.2) is 57.1 Å². The van der Waals surface area contributed by atoms with E-state index in [1.54, 1.807) is 23.1 Å². The molecule has 1 aromatic carbocycles. The van der Waals surface area contributed by atoms with Gasteiger partial charge in [0.25, 0.3) is 0 Å². The maximum Gasteiger partial charge on any atom is 0.107 e. The quantitative estimate of drug-likeness (QED) is 0.779. The maximum absolute atomic E-state index is 4.80. The summed E-state index contributed by atoms with van der Waals surface area (Å²) in [5.41, 5.74) is 2.31. The zero-order valence-corrected chi connectivity index (χ0v) is 12.2. The fourth-order valence-electron chi connectivity index (χ4n) is 1.96. The largest absolute Gasteiger partial charge is 0.316 e. The predicted octanol–water partition coefficient (Wildman–Crippen LogP) is 4.17. The minimum absolute atomic E-state index is 0.839. The first-order valence-corrected chi connectivity index (χ1v) is 7.81. The van der Waals surface area contributed by atoms with Gasteiger partial charge in [-0.05, 0) is 36.2 Å². The van der Waals surface area contributed by atoms with E-state index in [2.05, 4.69) is 47.1 Å². The number of nitrogens with zero attached hydrogens (tertiary/aromatic N) is 1. The van der Waals surface area contributed by atoms with Gasteiger partial charge in [0.2, 0.25) is 0 Å². The van der Waals surface area contributed by atoms with Crippen molar-refractivity contribution in [3.63, 3.8) is 0 Å². The van der Waals surface area contributed by atoms with Gasteiger partial charge in [-0.2, -0.15) is 0 Å². The highest BCUT2D eigenvalue weighted by molar-refractivity contribution is 8.01. The molecule has 1 N–H and O–H groups in total. The van der Waals surface area contributed by atoms with Crippen molar-refractivity contribution in [2.45, 2.75) is 15.8 Å².